The molecule has 102 valence electrons. The van der Waals surface area contributed by atoms with Crippen molar-refractivity contribution in [2.24, 2.45) is 0 Å². The normalized spacial score (nSPS) is 14.8. The number of nitrogens with zero attached hydrogens (tertiary/aromatic N) is 1. The molecule has 0 spiro atoms. The Bertz CT molecular complexity index is 503. The number of ether oxygens (including phenoxy) is 1. The highest BCUT2D eigenvalue weighted by Crippen LogP contribution is 2.30. The van der Waals surface area contributed by atoms with Gasteiger partial charge in [-0.25, -0.2) is 4.79 Å². The summed E-state index contributed by atoms with van der Waals surface area (Å²) in [6.45, 7) is 6.16. The lowest BCUT2D eigenvalue weighted by molar-refractivity contribution is 0.0577. The number of aldehydes is 1. The maximum absolute atomic E-state index is 12.2. The molecule has 0 N–H and O–H groups in total. The van der Waals surface area contributed by atoms with E-state index in [1.165, 1.54) is 0 Å². The summed E-state index contributed by atoms with van der Waals surface area (Å²) in [5, 5.41) is 0. The summed E-state index contributed by atoms with van der Waals surface area (Å²) in [5.74, 6) is 0. The van der Waals surface area contributed by atoms with Crippen LogP contribution in [0.1, 0.15) is 43.1 Å². The van der Waals surface area contributed by atoms with E-state index < -0.39 is 5.60 Å². The van der Waals surface area contributed by atoms with Crippen LogP contribution in [0, 0.1) is 0 Å². The fourth-order valence-corrected chi connectivity index (χ4v) is 2.27. The van der Waals surface area contributed by atoms with E-state index in [1.54, 1.807) is 17.0 Å². The first-order valence-corrected chi connectivity index (χ1v) is 6.50. The lowest BCUT2D eigenvalue weighted by Gasteiger charge is -2.32. The fraction of sp³-hybridized carbons (Fsp3) is 0.467. The Labute approximate surface area is 113 Å². The first kappa shape index (κ1) is 13.6. The van der Waals surface area contributed by atoms with Crippen molar-refractivity contribution in [3.63, 3.8) is 0 Å². The Balaban J connectivity index is 2.32. The zero-order valence-electron chi connectivity index (χ0n) is 11.6. The highest BCUT2D eigenvalue weighted by molar-refractivity contribution is 5.92. The quantitative estimate of drug-likeness (QED) is 0.729. The Morgan fingerprint density at radius 1 is 1.37 bits per heavy atom. The van der Waals surface area contributed by atoms with Crippen molar-refractivity contribution in [1.29, 1.82) is 0 Å². The molecule has 4 heteroatoms. The average molecular weight is 261 g/mol. The summed E-state index contributed by atoms with van der Waals surface area (Å²) in [7, 11) is 0. The van der Waals surface area contributed by atoms with Gasteiger partial charge in [-0.15, -0.1) is 0 Å². The molecule has 0 saturated heterocycles. The van der Waals surface area contributed by atoms with Gasteiger partial charge in [0.05, 0.1) is 5.69 Å². The number of carbonyl (C=O) groups excluding carboxylic acids is 2. The minimum absolute atomic E-state index is 0.350. The molecule has 0 unspecified atom stereocenters. The minimum atomic E-state index is -0.517. The van der Waals surface area contributed by atoms with Crippen molar-refractivity contribution in [2.45, 2.75) is 39.2 Å². The van der Waals surface area contributed by atoms with Gasteiger partial charge in [0.1, 0.15) is 11.9 Å². The molecular weight excluding hydrogens is 242 g/mol. The number of carbonyl (C=O) groups is 2. The van der Waals surface area contributed by atoms with Crippen LogP contribution < -0.4 is 4.90 Å². The van der Waals surface area contributed by atoms with Gasteiger partial charge in [0.15, 0.2) is 0 Å². The van der Waals surface area contributed by atoms with Crippen LogP contribution in [-0.2, 0) is 11.2 Å². The Morgan fingerprint density at radius 3 is 2.74 bits per heavy atom. The molecule has 1 aliphatic heterocycles. The van der Waals surface area contributed by atoms with Crippen LogP contribution in [-0.4, -0.2) is 24.5 Å². The number of hydrogen-bond donors (Lipinski definition) is 0. The molecule has 0 atom stereocenters. The number of fused-ring (bicyclic) bond motifs is 1. The molecule has 2 rings (SSSR count). The standard InChI is InChI=1S/C15H19NO3/c1-15(2,3)19-14(18)16-9-5-7-12-11(10-17)6-4-8-13(12)16/h4,6,8,10H,5,7,9H2,1-3H3. The van der Waals surface area contributed by atoms with E-state index >= 15 is 0 Å². The van der Waals surface area contributed by atoms with Crippen LogP contribution in [0.3, 0.4) is 0 Å². The lowest BCUT2D eigenvalue weighted by Crippen LogP contribution is -2.40. The number of benzene rings is 1. The van der Waals surface area contributed by atoms with Gasteiger partial charge in [0.2, 0.25) is 0 Å². The SMILES string of the molecule is CC(C)(C)OC(=O)N1CCCc2c(C=O)cccc21. The predicted molar refractivity (Wildman–Crippen MR) is 73.7 cm³/mol. The third kappa shape index (κ3) is 2.95. The molecule has 19 heavy (non-hydrogen) atoms. The molecule has 0 fully saturated rings. The third-order valence-electron chi connectivity index (χ3n) is 3.03. The summed E-state index contributed by atoms with van der Waals surface area (Å²) in [6, 6.07) is 5.45. The highest BCUT2D eigenvalue weighted by atomic mass is 16.6. The van der Waals surface area contributed by atoms with Gasteiger partial charge in [0, 0.05) is 12.1 Å². The number of amides is 1. The molecule has 0 aromatic heterocycles. The second-order valence-corrected chi connectivity index (χ2v) is 5.70. The zero-order chi connectivity index (χ0) is 14.0. The highest BCUT2D eigenvalue weighted by Gasteiger charge is 2.28. The first-order chi connectivity index (χ1) is 8.92. The second kappa shape index (κ2) is 5.03. The van der Waals surface area contributed by atoms with Crippen molar-refractivity contribution < 1.29 is 14.3 Å². The van der Waals surface area contributed by atoms with Crippen molar-refractivity contribution in [1.82, 2.24) is 0 Å². The summed E-state index contributed by atoms with van der Waals surface area (Å²) in [5.41, 5.74) is 1.88. The maximum Gasteiger partial charge on any atom is 0.414 e. The van der Waals surface area contributed by atoms with E-state index in [-0.39, 0.29) is 6.09 Å². The number of hydrogen-bond acceptors (Lipinski definition) is 3. The van der Waals surface area contributed by atoms with Crippen LogP contribution in [0.4, 0.5) is 10.5 Å². The van der Waals surface area contributed by atoms with Crippen molar-refractivity contribution in [3.8, 4) is 0 Å². The third-order valence-corrected chi connectivity index (χ3v) is 3.03. The van der Waals surface area contributed by atoms with E-state index in [4.69, 9.17) is 4.74 Å². The smallest absolute Gasteiger partial charge is 0.414 e. The number of anilines is 1. The summed E-state index contributed by atoms with van der Waals surface area (Å²) in [6.07, 6.45) is 2.16. The van der Waals surface area contributed by atoms with Gasteiger partial charge in [-0.2, -0.15) is 0 Å². The van der Waals surface area contributed by atoms with Gasteiger partial charge >= 0.3 is 6.09 Å². The van der Waals surface area contributed by atoms with Crippen LogP contribution in [0.15, 0.2) is 18.2 Å². The Morgan fingerprint density at radius 2 is 2.11 bits per heavy atom. The lowest BCUT2D eigenvalue weighted by atomic mass is 9.97. The molecule has 0 aliphatic carbocycles. The van der Waals surface area contributed by atoms with Gasteiger partial charge in [-0.3, -0.25) is 9.69 Å². The molecule has 4 nitrogen and oxygen atoms in total. The van der Waals surface area contributed by atoms with E-state index in [1.807, 2.05) is 26.8 Å². The van der Waals surface area contributed by atoms with Gasteiger partial charge in [-0.05, 0) is 45.2 Å². The van der Waals surface area contributed by atoms with Crippen LogP contribution in [0.25, 0.3) is 0 Å². The summed E-state index contributed by atoms with van der Waals surface area (Å²) in [4.78, 5) is 24.9. The fourth-order valence-electron chi connectivity index (χ4n) is 2.27. The van der Waals surface area contributed by atoms with Crippen LogP contribution >= 0.6 is 0 Å². The molecule has 1 aromatic rings. The minimum Gasteiger partial charge on any atom is -0.443 e. The molecule has 1 heterocycles. The summed E-state index contributed by atoms with van der Waals surface area (Å²) >= 11 is 0. The van der Waals surface area contributed by atoms with Crippen molar-refractivity contribution in [3.05, 3.63) is 29.3 Å². The molecule has 1 aromatic carbocycles. The van der Waals surface area contributed by atoms with Crippen LogP contribution in [0.2, 0.25) is 0 Å². The molecular formula is C15H19NO3. The summed E-state index contributed by atoms with van der Waals surface area (Å²) < 4.78 is 5.41. The largest absolute Gasteiger partial charge is 0.443 e. The molecule has 0 saturated carbocycles. The number of rotatable bonds is 1. The second-order valence-electron chi connectivity index (χ2n) is 5.70. The van der Waals surface area contributed by atoms with Gasteiger partial charge in [0.25, 0.3) is 0 Å². The molecule has 1 amide bonds. The Kier molecular flexibility index (Phi) is 3.60. The average Bonchev–Trinajstić information content (AvgIpc) is 2.35. The topological polar surface area (TPSA) is 46.6 Å². The van der Waals surface area contributed by atoms with E-state index in [2.05, 4.69) is 0 Å². The monoisotopic (exact) mass is 261 g/mol. The van der Waals surface area contributed by atoms with E-state index in [9.17, 15) is 9.59 Å². The van der Waals surface area contributed by atoms with Crippen LogP contribution in [0.5, 0.6) is 0 Å². The van der Waals surface area contributed by atoms with E-state index in [0.29, 0.717) is 12.1 Å². The van der Waals surface area contributed by atoms with Crippen molar-refractivity contribution in [2.75, 3.05) is 11.4 Å². The van der Waals surface area contributed by atoms with Gasteiger partial charge < -0.3 is 4.74 Å². The van der Waals surface area contributed by atoms with E-state index in [0.717, 1.165) is 30.4 Å². The van der Waals surface area contributed by atoms with Gasteiger partial charge in [-0.1, -0.05) is 12.1 Å². The Hall–Kier alpha value is -1.84. The van der Waals surface area contributed by atoms with Crippen molar-refractivity contribution >= 4 is 18.1 Å². The molecule has 0 radical (unpaired) electrons. The first-order valence-electron chi connectivity index (χ1n) is 6.50. The molecule has 0 bridgehead atoms. The maximum atomic E-state index is 12.2. The predicted octanol–water partition coefficient (Wildman–Crippen LogP) is 3.19. The zero-order valence-corrected chi connectivity index (χ0v) is 11.6. The molecule has 1 aliphatic rings.